The van der Waals surface area contributed by atoms with E-state index >= 15 is 0 Å². The molecular formula is C16H24N4O. The number of carbonyl (C=O) groups excluding carboxylic acids is 1. The van der Waals surface area contributed by atoms with Crippen molar-refractivity contribution < 1.29 is 4.79 Å². The van der Waals surface area contributed by atoms with E-state index in [2.05, 4.69) is 36.5 Å². The summed E-state index contributed by atoms with van der Waals surface area (Å²) in [6.45, 7) is 6.86. The summed E-state index contributed by atoms with van der Waals surface area (Å²) in [4.78, 5) is 16.8. The zero-order valence-electron chi connectivity index (χ0n) is 12.9. The van der Waals surface area contributed by atoms with Gasteiger partial charge >= 0.3 is 0 Å². The van der Waals surface area contributed by atoms with E-state index in [-0.39, 0.29) is 22.8 Å². The maximum absolute atomic E-state index is 12.5. The molecule has 0 radical (unpaired) electrons. The molecule has 2 bridgehead atoms. The molecule has 1 aromatic heterocycles. The number of nitrogens with two attached hydrogens (primary N) is 1. The van der Waals surface area contributed by atoms with Gasteiger partial charge in [0.25, 0.3) is 5.91 Å². The molecule has 4 N–H and O–H groups in total. The second-order valence-corrected chi connectivity index (χ2v) is 7.37. The van der Waals surface area contributed by atoms with Crippen LogP contribution in [0.5, 0.6) is 0 Å². The number of anilines is 1. The van der Waals surface area contributed by atoms with Crippen LogP contribution in [0.15, 0.2) is 18.2 Å². The molecule has 2 aliphatic rings. The molecule has 3 rings (SSSR count). The van der Waals surface area contributed by atoms with Gasteiger partial charge in [-0.3, -0.25) is 4.79 Å². The summed E-state index contributed by atoms with van der Waals surface area (Å²) in [6.07, 6.45) is 3.69. The first-order valence-electron chi connectivity index (χ1n) is 7.61. The van der Waals surface area contributed by atoms with Gasteiger partial charge in [0.15, 0.2) is 0 Å². The minimum atomic E-state index is -0.112. The average Bonchev–Trinajstić information content (AvgIpc) is 2.94. The third-order valence-corrected chi connectivity index (χ3v) is 5.67. The van der Waals surface area contributed by atoms with Gasteiger partial charge in [-0.05, 0) is 48.1 Å². The van der Waals surface area contributed by atoms with E-state index in [1.165, 1.54) is 19.3 Å². The number of hydrogen-bond donors (Lipinski definition) is 3. The number of aromatic nitrogens is 1. The average molecular weight is 288 g/mol. The monoisotopic (exact) mass is 288 g/mol. The highest BCUT2D eigenvalue weighted by Crippen LogP contribution is 2.62. The summed E-state index contributed by atoms with van der Waals surface area (Å²) in [6, 6.07) is 5.44. The van der Waals surface area contributed by atoms with Gasteiger partial charge in [0.05, 0.1) is 0 Å². The summed E-state index contributed by atoms with van der Waals surface area (Å²) in [5.74, 6) is 6.45. The van der Waals surface area contributed by atoms with E-state index in [1.54, 1.807) is 18.2 Å². The molecule has 0 aliphatic heterocycles. The second kappa shape index (κ2) is 4.70. The van der Waals surface area contributed by atoms with Crippen molar-refractivity contribution in [3.8, 4) is 0 Å². The number of hydrazine groups is 1. The Hall–Kier alpha value is -1.62. The Morgan fingerprint density at radius 1 is 1.38 bits per heavy atom. The lowest BCUT2D eigenvalue weighted by atomic mass is 9.68. The van der Waals surface area contributed by atoms with Gasteiger partial charge in [-0.1, -0.05) is 26.8 Å². The fraction of sp³-hybridized carbons (Fsp3) is 0.625. The van der Waals surface area contributed by atoms with E-state index in [9.17, 15) is 4.79 Å². The molecule has 114 valence electrons. The molecule has 1 amide bonds. The SMILES string of the molecule is CC12CCC(C1)C(C)(C)C2NC(=O)c1cccc(NN)n1. The molecule has 0 aromatic carbocycles. The van der Waals surface area contributed by atoms with Crippen molar-refractivity contribution in [2.45, 2.75) is 46.1 Å². The summed E-state index contributed by atoms with van der Waals surface area (Å²) >= 11 is 0. The van der Waals surface area contributed by atoms with Gasteiger partial charge in [-0.25, -0.2) is 10.8 Å². The lowest BCUT2D eigenvalue weighted by Gasteiger charge is -2.43. The molecule has 2 fully saturated rings. The standard InChI is InChI=1S/C16H24N4O/c1-15(2)10-7-8-16(3,9-10)14(15)19-13(21)11-5-4-6-12(18-11)20-17/h4-6,10,14H,7-9,17H2,1-3H3,(H,18,20)(H,19,21). The topological polar surface area (TPSA) is 80.0 Å². The molecule has 5 heteroatoms. The molecule has 1 heterocycles. The first-order valence-corrected chi connectivity index (χ1v) is 7.61. The number of carbonyl (C=O) groups is 1. The Balaban J connectivity index is 1.81. The van der Waals surface area contributed by atoms with Gasteiger partial charge in [0.2, 0.25) is 0 Å². The number of nitrogens with one attached hydrogen (secondary N) is 2. The molecule has 0 spiro atoms. The number of amides is 1. The Morgan fingerprint density at radius 2 is 2.14 bits per heavy atom. The number of rotatable bonds is 3. The molecule has 5 nitrogen and oxygen atoms in total. The van der Waals surface area contributed by atoms with Crippen LogP contribution < -0.4 is 16.6 Å². The molecule has 3 unspecified atom stereocenters. The van der Waals surface area contributed by atoms with Crippen LogP contribution in [0.1, 0.15) is 50.5 Å². The smallest absolute Gasteiger partial charge is 0.270 e. The Kier molecular flexibility index (Phi) is 3.20. The molecule has 0 saturated heterocycles. The van der Waals surface area contributed by atoms with Crippen LogP contribution in [-0.4, -0.2) is 16.9 Å². The van der Waals surface area contributed by atoms with Crippen LogP contribution in [0, 0.1) is 16.7 Å². The largest absolute Gasteiger partial charge is 0.347 e. The number of hydrogen-bond acceptors (Lipinski definition) is 4. The lowest BCUT2D eigenvalue weighted by Crippen LogP contribution is -2.52. The van der Waals surface area contributed by atoms with Crippen LogP contribution in [0.25, 0.3) is 0 Å². The second-order valence-electron chi connectivity index (χ2n) is 7.37. The lowest BCUT2D eigenvalue weighted by molar-refractivity contribution is 0.0733. The number of pyridine rings is 1. The number of nitrogens with zero attached hydrogens (tertiary/aromatic N) is 1. The molecule has 21 heavy (non-hydrogen) atoms. The van der Waals surface area contributed by atoms with Gasteiger partial charge < -0.3 is 10.7 Å². The third kappa shape index (κ3) is 2.20. The zero-order valence-corrected chi connectivity index (χ0v) is 12.9. The van der Waals surface area contributed by atoms with Crippen LogP contribution >= 0.6 is 0 Å². The van der Waals surface area contributed by atoms with E-state index in [4.69, 9.17) is 5.84 Å². The maximum atomic E-state index is 12.5. The minimum Gasteiger partial charge on any atom is -0.347 e. The molecular weight excluding hydrogens is 264 g/mol. The molecule has 1 aromatic rings. The summed E-state index contributed by atoms with van der Waals surface area (Å²) in [7, 11) is 0. The van der Waals surface area contributed by atoms with E-state index in [0.29, 0.717) is 17.4 Å². The van der Waals surface area contributed by atoms with E-state index in [0.717, 1.165) is 0 Å². The number of nitrogen functional groups attached to an aromatic ring is 1. The Labute approximate surface area is 125 Å². The summed E-state index contributed by atoms with van der Waals surface area (Å²) in [5.41, 5.74) is 3.25. The quantitative estimate of drug-likeness (QED) is 0.589. The van der Waals surface area contributed by atoms with E-state index in [1.807, 2.05) is 0 Å². The highest BCUT2D eigenvalue weighted by molar-refractivity contribution is 5.93. The zero-order chi connectivity index (χ0) is 15.3. The van der Waals surface area contributed by atoms with Crippen LogP contribution in [-0.2, 0) is 0 Å². The predicted octanol–water partition coefficient (Wildman–Crippen LogP) is 2.31. The predicted molar refractivity (Wildman–Crippen MR) is 82.5 cm³/mol. The van der Waals surface area contributed by atoms with Gasteiger partial charge in [0, 0.05) is 6.04 Å². The van der Waals surface area contributed by atoms with Crippen molar-refractivity contribution >= 4 is 11.7 Å². The maximum Gasteiger partial charge on any atom is 0.270 e. The summed E-state index contributed by atoms with van der Waals surface area (Å²) < 4.78 is 0. The van der Waals surface area contributed by atoms with Gasteiger partial charge in [-0.2, -0.15) is 0 Å². The fourth-order valence-corrected chi connectivity index (χ4v) is 4.51. The van der Waals surface area contributed by atoms with Crippen molar-refractivity contribution in [2.24, 2.45) is 22.6 Å². The van der Waals surface area contributed by atoms with E-state index < -0.39 is 0 Å². The normalized spacial score (nSPS) is 33.0. The van der Waals surface area contributed by atoms with Crippen molar-refractivity contribution in [1.29, 1.82) is 0 Å². The van der Waals surface area contributed by atoms with Gasteiger partial charge in [0.1, 0.15) is 11.5 Å². The minimum absolute atomic E-state index is 0.112. The Bertz CT molecular complexity index is 566. The van der Waals surface area contributed by atoms with Crippen molar-refractivity contribution in [1.82, 2.24) is 10.3 Å². The van der Waals surface area contributed by atoms with Crippen molar-refractivity contribution in [3.63, 3.8) is 0 Å². The first kappa shape index (κ1) is 14.3. The van der Waals surface area contributed by atoms with Crippen LogP contribution in [0.4, 0.5) is 5.82 Å². The first-order chi connectivity index (χ1) is 9.87. The molecule has 2 saturated carbocycles. The molecule has 3 atom stereocenters. The van der Waals surface area contributed by atoms with Crippen LogP contribution in [0.2, 0.25) is 0 Å². The summed E-state index contributed by atoms with van der Waals surface area (Å²) in [5, 5.41) is 3.24. The van der Waals surface area contributed by atoms with Crippen molar-refractivity contribution in [2.75, 3.05) is 5.43 Å². The number of fused-ring (bicyclic) bond motifs is 2. The highest BCUT2D eigenvalue weighted by atomic mass is 16.2. The Morgan fingerprint density at radius 3 is 2.76 bits per heavy atom. The van der Waals surface area contributed by atoms with Crippen LogP contribution in [0.3, 0.4) is 0 Å². The van der Waals surface area contributed by atoms with Crippen molar-refractivity contribution in [3.05, 3.63) is 23.9 Å². The fourth-order valence-electron chi connectivity index (χ4n) is 4.51. The van der Waals surface area contributed by atoms with Gasteiger partial charge in [-0.15, -0.1) is 0 Å². The molecule has 2 aliphatic carbocycles. The third-order valence-electron chi connectivity index (χ3n) is 5.67. The highest BCUT2D eigenvalue weighted by Gasteiger charge is 2.59.